The third kappa shape index (κ3) is 2.37. The Labute approximate surface area is 145 Å². The minimum Gasteiger partial charge on any atom is -0.444 e. The van der Waals surface area contributed by atoms with Crippen LogP contribution in [0.3, 0.4) is 0 Å². The van der Waals surface area contributed by atoms with Crippen LogP contribution in [0.2, 0.25) is 0 Å². The molecule has 0 saturated heterocycles. The molecule has 3 fully saturated rings. The maximum absolute atomic E-state index is 12.0. The van der Waals surface area contributed by atoms with E-state index in [2.05, 4.69) is 11.2 Å². The van der Waals surface area contributed by atoms with Gasteiger partial charge in [-0.1, -0.05) is 5.92 Å². The van der Waals surface area contributed by atoms with E-state index in [1.54, 1.807) is 11.3 Å². The molecule has 5 heteroatoms. The Bertz CT molecular complexity index is 865. The Morgan fingerprint density at radius 3 is 2.71 bits per heavy atom. The Balaban J connectivity index is 1.46. The van der Waals surface area contributed by atoms with Crippen LogP contribution in [-0.2, 0) is 10.2 Å². The average Bonchev–Trinajstić information content (AvgIpc) is 2.81. The summed E-state index contributed by atoms with van der Waals surface area (Å²) in [6.45, 7) is 5.63. The van der Waals surface area contributed by atoms with Gasteiger partial charge in [-0.15, -0.1) is 17.8 Å². The number of carbonyl (C=O) groups excluding carboxylic acids is 1. The highest BCUT2D eigenvalue weighted by Gasteiger charge is 2.70. The number of terminal acetylenes is 1. The normalized spacial score (nSPS) is 27.8. The zero-order valence-electron chi connectivity index (χ0n) is 14.1. The van der Waals surface area contributed by atoms with Crippen molar-refractivity contribution in [1.29, 1.82) is 0 Å². The third-order valence-electron chi connectivity index (χ3n) is 4.81. The minimum atomic E-state index is -0.465. The summed E-state index contributed by atoms with van der Waals surface area (Å²) in [5.41, 5.74) is 1.47. The van der Waals surface area contributed by atoms with Gasteiger partial charge in [0.25, 0.3) is 0 Å². The predicted molar refractivity (Wildman–Crippen MR) is 95.2 cm³/mol. The molecule has 0 unspecified atom stereocenters. The number of carbonyl (C=O) groups is 1. The number of benzene rings is 1. The molecule has 1 aromatic heterocycles. The van der Waals surface area contributed by atoms with Crippen LogP contribution in [0.4, 0.5) is 4.79 Å². The number of amides is 1. The van der Waals surface area contributed by atoms with Crippen LogP contribution in [-0.4, -0.2) is 22.2 Å². The van der Waals surface area contributed by atoms with Gasteiger partial charge < -0.3 is 10.1 Å². The number of nitrogens with zero attached hydrogens (tertiary/aromatic N) is 1. The number of fused-ring (bicyclic) bond motifs is 1. The molecule has 1 heterocycles. The van der Waals surface area contributed by atoms with E-state index in [0.29, 0.717) is 0 Å². The molecule has 2 aromatic rings. The van der Waals surface area contributed by atoms with Crippen molar-refractivity contribution < 1.29 is 9.53 Å². The molecule has 1 aromatic carbocycles. The number of thiazole rings is 1. The predicted octanol–water partition coefficient (Wildman–Crippen LogP) is 3.98. The summed E-state index contributed by atoms with van der Waals surface area (Å²) in [6.07, 6.45) is 7.98. The third-order valence-corrected chi connectivity index (χ3v) is 6.07. The SMILES string of the molecule is C#Cc1ccc2nc(C34CC(NC(=O)OC(C)(C)C)(C3)C4)sc2c1. The van der Waals surface area contributed by atoms with E-state index >= 15 is 0 Å². The maximum atomic E-state index is 12.0. The molecule has 1 N–H and O–H groups in total. The van der Waals surface area contributed by atoms with Gasteiger partial charge in [0.2, 0.25) is 0 Å². The largest absolute Gasteiger partial charge is 0.444 e. The van der Waals surface area contributed by atoms with Crippen molar-refractivity contribution in [2.24, 2.45) is 0 Å². The lowest BCUT2D eigenvalue weighted by Gasteiger charge is -2.69. The van der Waals surface area contributed by atoms with Crippen molar-refractivity contribution in [3.8, 4) is 12.3 Å². The van der Waals surface area contributed by atoms with Crippen LogP contribution in [0, 0.1) is 12.3 Å². The zero-order chi connectivity index (χ0) is 17.2. The summed E-state index contributed by atoms with van der Waals surface area (Å²) >= 11 is 1.72. The van der Waals surface area contributed by atoms with E-state index in [1.165, 1.54) is 5.01 Å². The first-order chi connectivity index (χ1) is 11.2. The molecule has 2 bridgehead atoms. The quantitative estimate of drug-likeness (QED) is 0.842. The number of rotatable bonds is 2. The first kappa shape index (κ1) is 15.5. The van der Waals surface area contributed by atoms with Gasteiger partial charge in [0, 0.05) is 16.5 Å². The molecule has 4 nitrogen and oxygen atoms in total. The van der Waals surface area contributed by atoms with E-state index in [1.807, 2.05) is 39.0 Å². The first-order valence-corrected chi connectivity index (χ1v) is 8.93. The van der Waals surface area contributed by atoms with Crippen LogP contribution in [0.5, 0.6) is 0 Å². The van der Waals surface area contributed by atoms with Gasteiger partial charge in [-0.3, -0.25) is 0 Å². The molecule has 3 saturated carbocycles. The maximum Gasteiger partial charge on any atom is 0.408 e. The summed E-state index contributed by atoms with van der Waals surface area (Å²) < 4.78 is 6.50. The second-order valence-electron chi connectivity index (χ2n) is 8.06. The second-order valence-corrected chi connectivity index (χ2v) is 9.09. The molecule has 1 amide bonds. The fourth-order valence-corrected chi connectivity index (χ4v) is 5.10. The van der Waals surface area contributed by atoms with Gasteiger partial charge >= 0.3 is 6.09 Å². The van der Waals surface area contributed by atoms with E-state index < -0.39 is 5.60 Å². The molecule has 0 atom stereocenters. The molecule has 0 aliphatic heterocycles. The van der Waals surface area contributed by atoms with Crippen molar-refractivity contribution in [2.45, 2.75) is 56.6 Å². The highest BCUT2D eigenvalue weighted by atomic mass is 32.1. The standard InChI is InChI=1S/C19H20N2O2S/c1-5-12-6-7-13-14(8-12)24-15(20-13)18-9-19(10-18,11-18)21-16(22)23-17(2,3)4/h1,6-8H,9-11H2,2-4H3,(H,21,22). The fraction of sp³-hybridized carbons (Fsp3) is 0.474. The summed E-state index contributed by atoms with van der Waals surface area (Å²) in [5, 5.41) is 4.22. The lowest BCUT2D eigenvalue weighted by molar-refractivity contribution is -0.0883. The Morgan fingerprint density at radius 1 is 1.38 bits per heavy atom. The van der Waals surface area contributed by atoms with Crippen molar-refractivity contribution in [3.63, 3.8) is 0 Å². The number of nitrogens with one attached hydrogen (secondary N) is 1. The van der Waals surface area contributed by atoms with Gasteiger partial charge in [-0.25, -0.2) is 9.78 Å². The molecular weight excluding hydrogens is 320 g/mol. The number of ether oxygens (including phenoxy) is 1. The summed E-state index contributed by atoms with van der Waals surface area (Å²) in [7, 11) is 0. The highest BCUT2D eigenvalue weighted by molar-refractivity contribution is 7.18. The molecule has 0 radical (unpaired) electrons. The lowest BCUT2D eigenvalue weighted by atomic mass is 9.39. The summed E-state index contributed by atoms with van der Waals surface area (Å²) in [5.74, 6) is 2.67. The van der Waals surface area contributed by atoms with Gasteiger partial charge in [0.1, 0.15) is 10.6 Å². The van der Waals surface area contributed by atoms with Crippen molar-refractivity contribution >= 4 is 27.6 Å². The lowest BCUT2D eigenvalue weighted by Crippen LogP contribution is -2.76. The smallest absolute Gasteiger partial charge is 0.408 e. The van der Waals surface area contributed by atoms with Crippen LogP contribution < -0.4 is 5.32 Å². The van der Waals surface area contributed by atoms with E-state index in [4.69, 9.17) is 16.1 Å². The van der Waals surface area contributed by atoms with E-state index in [9.17, 15) is 4.79 Å². The van der Waals surface area contributed by atoms with Gasteiger partial charge in [-0.05, 0) is 58.2 Å². The van der Waals surface area contributed by atoms with Gasteiger partial charge in [-0.2, -0.15) is 0 Å². The second kappa shape index (κ2) is 4.73. The molecule has 3 aliphatic rings. The Hall–Kier alpha value is -2.06. The number of alkyl carbamates (subject to hydrolysis) is 1. The van der Waals surface area contributed by atoms with E-state index in [0.717, 1.165) is 35.0 Å². The highest BCUT2D eigenvalue weighted by Crippen LogP contribution is 2.68. The Kier molecular flexibility index (Phi) is 3.05. The van der Waals surface area contributed by atoms with Gasteiger partial charge in [0.05, 0.1) is 10.2 Å². The van der Waals surface area contributed by atoms with Crippen LogP contribution in [0.25, 0.3) is 10.2 Å². The Morgan fingerprint density at radius 2 is 2.08 bits per heavy atom. The van der Waals surface area contributed by atoms with E-state index in [-0.39, 0.29) is 17.0 Å². The van der Waals surface area contributed by atoms with Crippen LogP contribution in [0.1, 0.15) is 50.6 Å². The van der Waals surface area contributed by atoms with Gasteiger partial charge in [0.15, 0.2) is 0 Å². The molecule has 0 spiro atoms. The number of hydrogen-bond acceptors (Lipinski definition) is 4. The monoisotopic (exact) mass is 340 g/mol. The molecule has 24 heavy (non-hydrogen) atoms. The summed E-state index contributed by atoms with van der Waals surface area (Å²) in [4.78, 5) is 16.8. The fourth-order valence-electron chi connectivity index (χ4n) is 3.91. The van der Waals surface area contributed by atoms with Crippen molar-refractivity contribution in [1.82, 2.24) is 10.3 Å². The number of aromatic nitrogens is 1. The number of hydrogen-bond donors (Lipinski definition) is 1. The van der Waals surface area contributed by atoms with Crippen LogP contribution in [0.15, 0.2) is 18.2 Å². The zero-order valence-corrected chi connectivity index (χ0v) is 14.9. The molecular formula is C19H20N2O2S. The first-order valence-electron chi connectivity index (χ1n) is 8.12. The van der Waals surface area contributed by atoms with Crippen molar-refractivity contribution in [2.75, 3.05) is 0 Å². The van der Waals surface area contributed by atoms with Crippen molar-refractivity contribution in [3.05, 3.63) is 28.8 Å². The minimum absolute atomic E-state index is 0.0931. The summed E-state index contributed by atoms with van der Waals surface area (Å²) in [6, 6.07) is 5.95. The molecule has 3 aliphatic carbocycles. The molecule has 5 rings (SSSR count). The van der Waals surface area contributed by atoms with Crippen LogP contribution >= 0.6 is 11.3 Å². The average molecular weight is 340 g/mol. The molecule has 124 valence electrons. The topological polar surface area (TPSA) is 51.2 Å².